The van der Waals surface area contributed by atoms with Gasteiger partial charge in [0.1, 0.15) is 36.2 Å². The summed E-state index contributed by atoms with van der Waals surface area (Å²) < 4.78 is 26.8. The van der Waals surface area contributed by atoms with Crippen LogP contribution < -0.4 is 9.47 Å². The minimum Gasteiger partial charge on any atom is -0.459 e. The number of amides is 1. The molecule has 0 saturated heterocycles. The smallest absolute Gasteiger partial charge is 0.239 e. The molecule has 12 heteroatoms. The van der Waals surface area contributed by atoms with Gasteiger partial charge in [0.25, 0.3) is 0 Å². The Morgan fingerprint density at radius 1 is 0.891 bits per heavy atom. The molecule has 0 spiro atoms. The molecule has 3 aliphatic rings. The molecule has 1 heterocycles. The van der Waals surface area contributed by atoms with Crippen LogP contribution in [0.1, 0.15) is 145 Å². The predicted molar refractivity (Wildman–Crippen MR) is 250 cm³/mol. The second kappa shape index (κ2) is 27.4. The van der Waals surface area contributed by atoms with Gasteiger partial charge in [0.2, 0.25) is 11.7 Å². The number of carbonyl (C=O) groups excluding carboxylic acids is 2. The summed E-state index contributed by atoms with van der Waals surface area (Å²) in [5, 5.41) is 34.3. The fourth-order valence-corrected chi connectivity index (χ4v) is 10.2. The van der Waals surface area contributed by atoms with Crippen molar-refractivity contribution in [2.45, 2.75) is 141 Å². The molecule has 2 aromatic carbocycles. The molecular weight excluding hydrogens is 813 g/mol. The second-order valence-corrected chi connectivity index (χ2v) is 17.5. The molecule has 6 atom stereocenters. The Hall–Kier alpha value is -4.07. The van der Waals surface area contributed by atoms with E-state index in [1.165, 1.54) is 38.5 Å². The number of aliphatic hydroxyl groups excluding tert-OH is 3. The topological polar surface area (TPSA) is 157 Å². The van der Waals surface area contributed by atoms with Gasteiger partial charge in [0.05, 0.1) is 38.1 Å². The van der Waals surface area contributed by atoms with Crippen LogP contribution in [0.3, 0.4) is 0 Å². The van der Waals surface area contributed by atoms with Crippen LogP contribution in [0.2, 0.25) is 0 Å². The molecule has 3 N–H and O–H groups in total. The molecule has 1 fully saturated rings. The fraction of sp³-hybridized carbons (Fsp3) is 0.635. The average molecular weight is 889 g/mol. The third kappa shape index (κ3) is 13.5. The zero-order valence-corrected chi connectivity index (χ0v) is 38.6. The fourth-order valence-electron chi connectivity index (χ4n) is 10.2. The summed E-state index contributed by atoms with van der Waals surface area (Å²) in [5.41, 5.74) is 3.15. The molecule has 2 aliphatic carbocycles. The van der Waals surface area contributed by atoms with E-state index in [4.69, 9.17) is 28.9 Å². The third-order valence-corrected chi connectivity index (χ3v) is 13.1. The van der Waals surface area contributed by atoms with Gasteiger partial charge in [-0.05, 0) is 86.8 Å². The molecule has 1 aliphatic heterocycles. The Bertz CT molecular complexity index is 1800. The van der Waals surface area contributed by atoms with Crippen LogP contribution in [0, 0.1) is 17.8 Å². The summed E-state index contributed by atoms with van der Waals surface area (Å²) in [6.07, 6.45) is 20.3. The molecule has 354 valence electrons. The first kappa shape index (κ1) is 50.9. The van der Waals surface area contributed by atoms with E-state index in [1.54, 1.807) is 24.3 Å². The number of hydrogen-bond donors (Lipinski definition) is 3. The van der Waals surface area contributed by atoms with Gasteiger partial charge in [-0.25, -0.2) is 0 Å². The number of ether oxygens (including phenoxy) is 4. The van der Waals surface area contributed by atoms with Crippen LogP contribution in [-0.4, -0.2) is 103 Å². The number of rotatable bonds is 32. The molecule has 0 bridgehead atoms. The number of benzene rings is 2. The summed E-state index contributed by atoms with van der Waals surface area (Å²) in [7, 11) is 0. The number of nitrogens with zero attached hydrogens (tertiary/aromatic N) is 2. The van der Waals surface area contributed by atoms with Crippen molar-refractivity contribution < 1.29 is 48.7 Å². The molecule has 6 unspecified atom stereocenters. The van der Waals surface area contributed by atoms with Gasteiger partial charge >= 0.3 is 0 Å². The first-order chi connectivity index (χ1) is 31.4. The van der Waals surface area contributed by atoms with E-state index in [2.05, 4.69) is 19.6 Å². The van der Waals surface area contributed by atoms with Crippen molar-refractivity contribution in [2.24, 2.45) is 22.9 Å². The van der Waals surface area contributed by atoms with E-state index in [9.17, 15) is 24.9 Å². The van der Waals surface area contributed by atoms with Crippen molar-refractivity contribution in [2.75, 3.05) is 52.8 Å². The minimum atomic E-state index is -1.39. The maximum absolute atomic E-state index is 14.8. The van der Waals surface area contributed by atoms with E-state index in [0.717, 1.165) is 68.1 Å². The molecule has 12 nitrogen and oxygen atoms in total. The normalized spacial score (nSPS) is 22.8. The minimum absolute atomic E-state index is 0.0188. The number of aliphatic hydroxyl groups is 3. The number of oxime groups is 1. The number of fused-ring (bicyclic) bond motifs is 2. The second-order valence-electron chi connectivity index (χ2n) is 17.5. The number of carbonyl (C=O) groups is 2. The van der Waals surface area contributed by atoms with Crippen LogP contribution in [0.5, 0.6) is 17.2 Å². The van der Waals surface area contributed by atoms with Gasteiger partial charge in [-0.2, -0.15) is 0 Å². The Labute approximate surface area is 382 Å². The van der Waals surface area contributed by atoms with Gasteiger partial charge in [0.15, 0.2) is 0 Å². The molecule has 0 radical (unpaired) electrons. The zero-order chi connectivity index (χ0) is 45.6. The van der Waals surface area contributed by atoms with Crippen molar-refractivity contribution in [3.63, 3.8) is 0 Å². The van der Waals surface area contributed by atoms with Crippen LogP contribution in [0.15, 0.2) is 71.9 Å². The summed E-state index contributed by atoms with van der Waals surface area (Å²) in [5.74, 6) is -0.210. The first-order valence-corrected chi connectivity index (χ1v) is 24.3. The van der Waals surface area contributed by atoms with Gasteiger partial charge < -0.3 is 44.0 Å². The van der Waals surface area contributed by atoms with Gasteiger partial charge in [-0.3, -0.25) is 9.59 Å². The van der Waals surface area contributed by atoms with Crippen molar-refractivity contribution in [3.05, 3.63) is 77.9 Å². The van der Waals surface area contributed by atoms with Crippen LogP contribution in [0.25, 0.3) is 0 Å². The Morgan fingerprint density at radius 2 is 1.62 bits per heavy atom. The Morgan fingerprint density at radius 3 is 2.33 bits per heavy atom. The number of allylic oxidation sites excluding steroid dienone is 1. The molecule has 2 aromatic rings. The Balaban J connectivity index is 1.65. The van der Waals surface area contributed by atoms with E-state index in [0.29, 0.717) is 55.1 Å². The van der Waals surface area contributed by atoms with Gasteiger partial charge in [-0.1, -0.05) is 101 Å². The SMILES string of the molecule is C=CCOC12Oc3ccc(Oc4cccc(C=O)c4)cc3C3C(CCCCO)C(CCCCO)C=C(C(=NOCC)CC1N(CCOCCO)C(=O)CCCCCCCCCCC)C32. The maximum atomic E-state index is 14.8. The molecule has 64 heavy (non-hydrogen) atoms. The summed E-state index contributed by atoms with van der Waals surface area (Å²) in [4.78, 5) is 34.3. The lowest BCUT2D eigenvalue weighted by Crippen LogP contribution is -2.70. The van der Waals surface area contributed by atoms with Crippen LogP contribution in [-0.2, 0) is 19.1 Å². The predicted octanol–water partition coefficient (Wildman–Crippen LogP) is 9.70. The summed E-state index contributed by atoms with van der Waals surface area (Å²) in [6, 6.07) is 12.2. The van der Waals surface area contributed by atoms with Crippen LogP contribution in [0.4, 0.5) is 0 Å². The quantitative estimate of drug-likeness (QED) is 0.0280. The monoisotopic (exact) mass is 889 g/mol. The molecule has 1 amide bonds. The van der Waals surface area contributed by atoms with E-state index < -0.39 is 17.7 Å². The highest BCUT2D eigenvalue weighted by Gasteiger charge is 2.65. The molecule has 5 rings (SSSR count). The first-order valence-electron chi connectivity index (χ1n) is 24.3. The van der Waals surface area contributed by atoms with Crippen molar-refractivity contribution >= 4 is 17.9 Å². The highest BCUT2D eigenvalue weighted by molar-refractivity contribution is 6.03. The number of unbranched alkanes of at least 4 members (excludes halogenated alkanes) is 10. The van der Waals surface area contributed by atoms with Crippen LogP contribution >= 0.6 is 0 Å². The van der Waals surface area contributed by atoms with E-state index in [1.807, 2.05) is 36.1 Å². The lowest BCUT2D eigenvalue weighted by Gasteiger charge is -2.60. The number of aldehydes is 1. The molecule has 1 saturated carbocycles. The van der Waals surface area contributed by atoms with E-state index in [-0.39, 0.29) is 69.8 Å². The lowest BCUT2D eigenvalue weighted by atomic mass is 9.55. The highest BCUT2D eigenvalue weighted by atomic mass is 16.7. The van der Waals surface area contributed by atoms with Gasteiger partial charge in [0, 0.05) is 49.6 Å². The van der Waals surface area contributed by atoms with Crippen molar-refractivity contribution in [1.82, 2.24) is 4.90 Å². The van der Waals surface area contributed by atoms with Crippen molar-refractivity contribution in [1.29, 1.82) is 0 Å². The lowest BCUT2D eigenvalue weighted by molar-refractivity contribution is -0.258. The number of hydrogen-bond acceptors (Lipinski definition) is 11. The van der Waals surface area contributed by atoms with Crippen molar-refractivity contribution in [3.8, 4) is 17.2 Å². The standard InChI is InChI=1S/C52H76N2O10/c1-4-7-8-9-10-11-12-13-14-24-49(59)54(27-32-60-33-30-57)48-37-46(53-62-6-3)44-35-40(21-15-17-28-55)43(23-16-18-29-56)50-45-36-42(63-41-22-19-20-39(34-41)38-58)25-26-47(45)64-52(48,51(44)50)61-31-5-2/h5,19-20,22,25-26,34-36,38,40,43,48,50-51,55-57H,2,4,6-18,21,23-24,27-33,37H2,1,3H3. The molecular formula is C52H76N2O10. The summed E-state index contributed by atoms with van der Waals surface area (Å²) >= 11 is 0. The maximum Gasteiger partial charge on any atom is 0.239 e. The molecule has 0 aromatic heterocycles. The largest absolute Gasteiger partial charge is 0.459 e. The van der Waals surface area contributed by atoms with E-state index >= 15 is 0 Å². The van der Waals surface area contributed by atoms with Gasteiger partial charge in [-0.15, -0.1) is 6.58 Å². The summed E-state index contributed by atoms with van der Waals surface area (Å²) in [6.45, 7) is 9.39. The highest BCUT2D eigenvalue weighted by Crippen LogP contribution is 2.62. The zero-order valence-electron chi connectivity index (χ0n) is 38.6. The average Bonchev–Trinajstić information content (AvgIpc) is 3.31. The Kier molecular flexibility index (Phi) is 21.8. The third-order valence-electron chi connectivity index (χ3n) is 13.1.